The summed E-state index contributed by atoms with van der Waals surface area (Å²) in [6, 6.07) is 22.9. The minimum absolute atomic E-state index is 0.252. The molecule has 3 aromatic rings. The topological polar surface area (TPSA) is 21.3 Å². The lowest BCUT2D eigenvalue weighted by molar-refractivity contribution is 0.467. The second kappa shape index (κ2) is 5.98. The summed E-state index contributed by atoms with van der Waals surface area (Å²) in [7, 11) is 1.96. The van der Waals surface area contributed by atoms with Gasteiger partial charge in [-0.15, -0.1) is 0 Å². The van der Waals surface area contributed by atoms with Gasteiger partial charge in [-0.1, -0.05) is 48.5 Å². The molecule has 0 aliphatic heterocycles. The van der Waals surface area contributed by atoms with E-state index in [0.717, 1.165) is 17.1 Å². The SMILES string of the molecule is CNC(C)c1ccccc1Oc1ccc2ccccc2c1. The van der Waals surface area contributed by atoms with E-state index in [9.17, 15) is 0 Å². The molecule has 2 nitrogen and oxygen atoms in total. The van der Waals surface area contributed by atoms with Crippen LogP contribution in [0.1, 0.15) is 18.5 Å². The van der Waals surface area contributed by atoms with Crippen LogP contribution in [0.3, 0.4) is 0 Å². The number of para-hydroxylation sites is 1. The maximum atomic E-state index is 6.10. The molecule has 0 radical (unpaired) electrons. The molecule has 0 amide bonds. The Morgan fingerprint density at radius 2 is 1.57 bits per heavy atom. The largest absolute Gasteiger partial charge is 0.457 e. The molecule has 21 heavy (non-hydrogen) atoms. The summed E-state index contributed by atoms with van der Waals surface area (Å²) < 4.78 is 6.10. The Morgan fingerprint density at radius 3 is 2.38 bits per heavy atom. The summed E-state index contributed by atoms with van der Waals surface area (Å²) in [5, 5.41) is 5.67. The van der Waals surface area contributed by atoms with E-state index in [1.165, 1.54) is 10.8 Å². The van der Waals surface area contributed by atoms with Crippen LogP contribution in [0.5, 0.6) is 11.5 Å². The van der Waals surface area contributed by atoms with Crippen LogP contribution in [0.2, 0.25) is 0 Å². The van der Waals surface area contributed by atoms with Crippen molar-refractivity contribution in [1.29, 1.82) is 0 Å². The van der Waals surface area contributed by atoms with Crippen molar-refractivity contribution < 1.29 is 4.74 Å². The first-order valence-corrected chi connectivity index (χ1v) is 7.21. The molecule has 106 valence electrons. The fourth-order valence-electron chi connectivity index (χ4n) is 2.44. The van der Waals surface area contributed by atoms with Gasteiger partial charge in [-0.05, 0) is 42.9 Å². The van der Waals surface area contributed by atoms with Crippen LogP contribution >= 0.6 is 0 Å². The van der Waals surface area contributed by atoms with E-state index in [1.54, 1.807) is 0 Å². The van der Waals surface area contributed by atoms with Crippen molar-refractivity contribution in [1.82, 2.24) is 5.32 Å². The Balaban J connectivity index is 1.95. The molecule has 0 fully saturated rings. The Hall–Kier alpha value is -2.32. The van der Waals surface area contributed by atoms with Gasteiger partial charge in [0.05, 0.1) is 0 Å². The molecule has 0 bridgehead atoms. The summed E-state index contributed by atoms with van der Waals surface area (Å²) in [4.78, 5) is 0. The highest BCUT2D eigenvalue weighted by molar-refractivity contribution is 5.83. The molecule has 3 rings (SSSR count). The highest BCUT2D eigenvalue weighted by Gasteiger charge is 2.10. The Morgan fingerprint density at radius 1 is 0.857 bits per heavy atom. The van der Waals surface area contributed by atoms with Gasteiger partial charge in [0, 0.05) is 11.6 Å². The predicted molar refractivity (Wildman–Crippen MR) is 87.9 cm³/mol. The van der Waals surface area contributed by atoms with E-state index in [0.29, 0.717) is 0 Å². The number of benzene rings is 3. The molecule has 0 saturated heterocycles. The van der Waals surface area contributed by atoms with Gasteiger partial charge >= 0.3 is 0 Å². The average molecular weight is 277 g/mol. The minimum atomic E-state index is 0.252. The van der Waals surface area contributed by atoms with Gasteiger partial charge in [-0.2, -0.15) is 0 Å². The average Bonchev–Trinajstić information content (AvgIpc) is 2.54. The zero-order chi connectivity index (χ0) is 14.7. The van der Waals surface area contributed by atoms with Crippen LogP contribution < -0.4 is 10.1 Å². The highest BCUT2D eigenvalue weighted by Crippen LogP contribution is 2.30. The first-order chi connectivity index (χ1) is 10.3. The summed E-state index contributed by atoms with van der Waals surface area (Å²) in [5.41, 5.74) is 1.16. The van der Waals surface area contributed by atoms with Gasteiger partial charge < -0.3 is 10.1 Å². The smallest absolute Gasteiger partial charge is 0.132 e. The second-order valence-corrected chi connectivity index (χ2v) is 5.16. The number of hydrogen-bond acceptors (Lipinski definition) is 2. The van der Waals surface area contributed by atoms with Crippen LogP contribution in [0.4, 0.5) is 0 Å². The van der Waals surface area contributed by atoms with Gasteiger partial charge in [0.2, 0.25) is 0 Å². The molecule has 1 N–H and O–H groups in total. The van der Waals surface area contributed by atoms with Crippen LogP contribution in [-0.4, -0.2) is 7.05 Å². The van der Waals surface area contributed by atoms with Crippen molar-refractivity contribution in [3.05, 3.63) is 72.3 Å². The summed E-state index contributed by atoms with van der Waals surface area (Å²) in [6.45, 7) is 2.13. The van der Waals surface area contributed by atoms with Crippen LogP contribution in [-0.2, 0) is 0 Å². The second-order valence-electron chi connectivity index (χ2n) is 5.16. The monoisotopic (exact) mass is 277 g/mol. The van der Waals surface area contributed by atoms with Gasteiger partial charge in [0.25, 0.3) is 0 Å². The normalized spacial score (nSPS) is 12.3. The van der Waals surface area contributed by atoms with E-state index < -0.39 is 0 Å². The Bertz CT molecular complexity index is 751. The van der Waals surface area contributed by atoms with Crippen molar-refractivity contribution in [3.8, 4) is 11.5 Å². The van der Waals surface area contributed by atoms with Gasteiger partial charge in [-0.3, -0.25) is 0 Å². The molecule has 0 aliphatic rings. The van der Waals surface area contributed by atoms with E-state index in [2.05, 4.69) is 42.6 Å². The number of fused-ring (bicyclic) bond motifs is 1. The third-order valence-electron chi connectivity index (χ3n) is 3.77. The highest BCUT2D eigenvalue weighted by atomic mass is 16.5. The molecule has 1 atom stereocenters. The first-order valence-electron chi connectivity index (χ1n) is 7.21. The molecule has 0 aliphatic carbocycles. The lowest BCUT2D eigenvalue weighted by Crippen LogP contribution is -2.13. The van der Waals surface area contributed by atoms with Crippen molar-refractivity contribution in [2.45, 2.75) is 13.0 Å². The number of ether oxygens (including phenoxy) is 1. The number of rotatable bonds is 4. The van der Waals surface area contributed by atoms with E-state index in [1.807, 2.05) is 43.4 Å². The number of nitrogens with one attached hydrogen (secondary N) is 1. The van der Waals surface area contributed by atoms with E-state index >= 15 is 0 Å². The zero-order valence-corrected chi connectivity index (χ0v) is 12.3. The standard InChI is InChI=1S/C19H19NO/c1-14(20-2)18-9-5-6-10-19(18)21-17-12-11-15-7-3-4-8-16(15)13-17/h3-14,20H,1-2H3. The lowest BCUT2D eigenvalue weighted by Gasteiger charge is -2.16. The first kappa shape index (κ1) is 13.7. The third-order valence-corrected chi connectivity index (χ3v) is 3.77. The summed E-state index contributed by atoms with van der Waals surface area (Å²) >= 11 is 0. The molecular weight excluding hydrogens is 258 g/mol. The van der Waals surface area contributed by atoms with Gasteiger partial charge in [-0.25, -0.2) is 0 Å². The minimum Gasteiger partial charge on any atom is -0.457 e. The zero-order valence-electron chi connectivity index (χ0n) is 12.3. The van der Waals surface area contributed by atoms with E-state index in [-0.39, 0.29) is 6.04 Å². The molecule has 2 heteroatoms. The molecular formula is C19H19NO. The van der Waals surface area contributed by atoms with E-state index in [4.69, 9.17) is 4.74 Å². The fraction of sp³-hybridized carbons (Fsp3) is 0.158. The maximum Gasteiger partial charge on any atom is 0.132 e. The van der Waals surface area contributed by atoms with Gasteiger partial charge in [0.15, 0.2) is 0 Å². The van der Waals surface area contributed by atoms with Gasteiger partial charge in [0.1, 0.15) is 11.5 Å². The molecule has 3 aromatic carbocycles. The Labute approximate surface area is 125 Å². The van der Waals surface area contributed by atoms with Crippen molar-refractivity contribution in [3.63, 3.8) is 0 Å². The summed E-state index contributed by atoms with van der Waals surface area (Å²) in [5.74, 6) is 1.76. The van der Waals surface area contributed by atoms with Crippen molar-refractivity contribution in [2.75, 3.05) is 7.05 Å². The molecule has 1 unspecified atom stereocenters. The molecule has 0 saturated carbocycles. The lowest BCUT2D eigenvalue weighted by atomic mass is 10.1. The van der Waals surface area contributed by atoms with Crippen LogP contribution in [0.25, 0.3) is 10.8 Å². The number of hydrogen-bond donors (Lipinski definition) is 1. The quantitative estimate of drug-likeness (QED) is 0.731. The Kier molecular flexibility index (Phi) is 3.89. The predicted octanol–water partition coefficient (Wildman–Crippen LogP) is 4.91. The third kappa shape index (κ3) is 2.91. The molecule has 0 aromatic heterocycles. The van der Waals surface area contributed by atoms with Crippen molar-refractivity contribution in [2.24, 2.45) is 0 Å². The maximum absolute atomic E-state index is 6.10. The summed E-state index contributed by atoms with van der Waals surface area (Å²) in [6.07, 6.45) is 0. The van der Waals surface area contributed by atoms with Crippen LogP contribution in [0, 0.1) is 0 Å². The van der Waals surface area contributed by atoms with Crippen molar-refractivity contribution >= 4 is 10.8 Å². The fourth-order valence-corrected chi connectivity index (χ4v) is 2.44. The molecule has 0 spiro atoms. The molecule has 0 heterocycles. The van der Waals surface area contributed by atoms with Crippen LogP contribution in [0.15, 0.2) is 66.7 Å².